The predicted octanol–water partition coefficient (Wildman–Crippen LogP) is 1.64. The molecule has 1 aliphatic rings. The van der Waals surface area contributed by atoms with Gasteiger partial charge in [-0.1, -0.05) is 0 Å². The molecule has 3 nitrogen and oxygen atoms in total. The van der Waals surface area contributed by atoms with Crippen LogP contribution in [0.25, 0.3) is 0 Å². The van der Waals surface area contributed by atoms with Gasteiger partial charge < -0.3 is 9.88 Å². The lowest BCUT2D eigenvalue weighted by molar-refractivity contribution is 0.146. The Morgan fingerprint density at radius 2 is 2.42 bits per heavy atom. The van der Waals surface area contributed by atoms with Crippen LogP contribution in [-0.4, -0.2) is 16.1 Å². The highest BCUT2D eigenvalue weighted by Gasteiger charge is 2.16. The number of aryl methyl sites for hydroxylation is 1. The topological polar surface area (TPSA) is 29.9 Å². The van der Waals surface area contributed by atoms with Crippen molar-refractivity contribution >= 4 is 5.95 Å². The number of alkyl halides is 2. The first-order chi connectivity index (χ1) is 5.77. The van der Waals surface area contributed by atoms with Crippen molar-refractivity contribution in [3.8, 4) is 0 Å². The van der Waals surface area contributed by atoms with E-state index in [1.54, 1.807) is 4.57 Å². The number of hydrogen-bond acceptors (Lipinski definition) is 2. The van der Waals surface area contributed by atoms with E-state index < -0.39 is 6.43 Å². The molecule has 12 heavy (non-hydrogen) atoms. The van der Waals surface area contributed by atoms with Crippen LogP contribution in [-0.2, 0) is 6.54 Å². The van der Waals surface area contributed by atoms with Crippen molar-refractivity contribution in [2.24, 2.45) is 0 Å². The van der Waals surface area contributed by atoms with Crippen molar-refractivity contribution in [3.63, 3.8) is 0 Å². The van der Waals surface area contributed by atoms with Crippen LogP contribution < -0.4 is 5.32 Å². The summed E-state index contributed by atoms with van der Waals surface area (Å²) in [6.07, 6.45) is -0.0945. The second-order valence-corrected chi connectivity index (χ2v) is 2.76. The van der Waals surface area contributed by atoms with Crippen LogP contribution in [0.1, 0.15) is 18.5 Å². The molecule has 0 spiro atoms. The van der Waals surface area contributed by atoms with Crippen LogP contribution in [0.2, 0.25) is 0 Å². The van der Waals surface area contributed by atoms with Crippen LogP contribution in [0, 0.1) is 0 Å². The molecular formula is C7H9F2N3. The summed E-state index contributed by atoms with van der Waals surface area (Å²) < 4.78 is 26.0. The Labute approximate surface area is 68.4 Å². The number of fused-ring (bicyclic) bond motifs is 1. The highest BCUT2D eigenvalue weighted by Crippen LogP contribution is 2.21. The summed E-state index contributed by atoms with van der Waals surface area (Å²) in [7, 11) is 0. The normalized spacial score (nSPS) is 15.9. The molecule has 0 radical (unpaired) electrons. The Kier molecular flexibility index (Phi) is 1.71. The minimum atomic E-state index is -2.47. The third-order valence-corrected chi connectivity index (χ3v) is 1.88. The van der Waals surface area contributed by atoms with E-state index in [9.17, 15) is 8.78 Å². The van der Waals surface area contributed by atoms with Crippen molar-refractivity contribution in [1.82, 2.24) is 9.55 Å². The highest BCUT2D eigenvalue weighted by molar-refractivity contribution is 5.30. The van der Waals surface area contributed by atoms with Crippen molar-refractivity contribution < 1.29 is 8.78 Å². The van der Waals surface area contributed by atoms with E-state index in [1.165, 1.54) is 6.20 Å². The molecule has 66 valence electrons. The van der Waals surface area contributed by atoms with Crippen LogP contribution in [0.4, 0.5) is 14.7 Å². The molecule has 0 amide bonds. The number of nitrogens with one attached hydrogen (secondary N) is 1. The first-order valence-corrected chi connectivity index (χ1v) is 3.86. The van der Waals surface area contributed by atoms with Crippen molar-refractivity contribution in [2.75, 3.05) is 11.9 Å². The van der Waals surface area contributed by atoms with Crippen molar-refractivity contribution in [1.29, 1.82) is 0 Å². The number of hydrogen-bond donors (Lipinski definition) is 1. The van der Waals surface area contributed by atoms with Gasteiger partial charge in [0.25, 0.3) is 6.43 Å². The van der Waals surface area contributed by atoms with E-state index in [0.29, 0.717) is 5.95 Å². The molecule has 2 heterocycles. The second kappa shape index (κ2) is 2.73. The number of nitrogens with zero attached hydrogens (tertiary/aromatic N) is 2. The Bertz CT molecular complexity index is 259. The minimum absolute atomic E-state index is 0.139. The number of halogens is 2. The molecule has 0 fully saturated rings. The van der Waals surface area contributed by atoms with Gasteiger partial charge >= 0.3 is 0 Å². The predicted molar refractivity (Wildman–Crippen MR) is 40.3 cm³/mol. The standard InChI is InChI=1S/C7H9F2N3/c8-6(9)5-4-12-3-1-2-10-7(12)11-5/h4,6H,1-3H2,(H,10,11). The van der Waals surface area contributed by atoms with Gasteiger partial charge in [-0.15, -0.1) is 0 Å². The molecular weight excluding hydrogens is 164 g/mol. The summed E-state index contributed by atoms with van der Waals surface area (Å²) in [5, 5.41) is 2.96. The van der Waals surface area contributed by atoms with Gasteiger partial charge in [-0.05, 0) is 6.42 Å². The van der Waals surface area contributed by atoms with Crippen LogP contribution in [0.3, 0.4) is 0 Å². The maximum atomic E-state index is 12.1. The lowest BCUT2D eigenvalue weighted by Gasteiger charge is -2.14. The molecule has 1 aliphatic heterocycles. The Balaban J connectivity index is 2.32. The van der Waals surface area contributed by atoms with Crippen molar-refractivity contribution in [3.05, 3.63) is 11.9 Å². The SMILES string of the molecule is FC(F)c1cn2c(n1)NCCC2. The zero-order valence-electron chi connectivity index (χ0n) is 6.43. The summed E-state index contributed by atoms with van der Waals surface area (Å²) in [5.74, 6) is 0.566. The third-order valence-electron chi connectivity index (χ3n) is 1.88. The molecule has 0 saturated carbocycles. The molecule has 1 aromatic heterocycles. The van der Waals surface area contributed by atoms with Crippen molar-refractivity contribution in [2.45, 2.75) is 19.4 Å². The molecule has 0 bridgehead atoms. The van der Waals surface area contributed by atoms with Gasteiger partial charge in [0, 0.05) is 19.3 Å². The molecule has 1 aromatic rings. The first-order valence-electron chi connectivity index (χ1n) is 3.86. The average Bonchev–Trinajstić information content (AvgIpc) is 2.46. The fraction of sp³-hybridized carbons (Fsp3) is 0.571. The molecule has 0 atom stereocenters. The zero-order valence-corrected chi connectivity index (χ0v) is 6.43. The summed E-state index contributed by atoms with van der Waals surface area (Å²) in [5.41, 5.74) is -0.139. The largest absolute Gasteiger partial charge is 0.356 e. The number of anilines is 1. The Hall–Kier alpha value is -1.13. The fourth-order valence-corrected chi connectivity index (χ4v) is 1.30. The zero-order chi connectivity index (χ0) is 8.55. The van der Waals surface area contributed by atoms with Gasteiger partial charge in [0.1, 0.15) is 5.69 Å². The summed E-state index contributed by atoms with van der Waals surface area (Å²) in [4.78, 5) is 3.75. The molecule has 0 unspecified atom stereocenters. The molecule has 1 N–H and O–H groups in total. The van der Waals surface area contributed by atoms with E-state index in [1.807, 2.05) is 0 Å². The average molecular weight is 173 g/mol. The number of aromatic nitrogens is 2. The lowest BCUT2D eigenvalue weighted by Crippen LogP contribution is -2.16. The van der Waals surface area contributed by atoms with Gasteiger partial charge in [-0.3, -0.25) is 0 Å². The van der Waals surface area contributed by atoms with Gasteiger partial charge in [-0.2, -0.15) is 0 Å². The van der Waals surface area contributed by atoms with Crippen LogP contribution in [0.15, 0.2) is 6.20 Å². The molecule has 0 saturated heterocycles. The van der Waals surface area contributed by atoms with Crippen LogP contribution >= 0.6 is 0 Å². The molecule has 0 aromatic carbocycles. The number of rotatable bonds is 1. The fourth-order valence-electron chi connectivity index (χ4n) is 1.30. The third kappa shape index (κ3) is 1.15. The summed E-state index contributed by atoms with van der Waals surface area (Å²) in [6, 6.07) is 0. The van der Waals surface area contributed by atoms with Gasteiger partial charge in [-0.25, -0.2) is 13.8 Å². The van der Waals surface area contributed by atoms with E-state index in [4.69, 9.17) is 0 Å². The lowest BCUT2D eigenvalue weighted by atomic mass is 10.4. The smallest absolute Gasteiger partial charge is 0.281 e. The highest BCUT2D eigenvalue weighted by atomic mass is 19.3. The molecule has 0 aliphatic carbocycles. The van der Waals surface area contributed by atoms with Crippen LogP contribution in [0.5, 0.6) is 0 Å². The maximum Gasteiger partial charge on any atom is 0.281 e. The molecule has 5 heteroatoms. The summed E-state index contributed by atoms with van der Waals surface area (Å²) in [6.45, 7) is 1.60. The monoisotopic (exact) mass is 173 g/mol. The maximum absolute atomic E-state index is 12.1. The molecule has 2 rings (SSSR count). The van der Waals surface area contributed by atoms with Gasteiger partial charge in [0.2, 0.25) is 5.95 Å². The van der Waals surface area contributed by atoms with E-state index >= 15 is 0 Å². The van der Waals surface area contributed by atoms with E-state index in [0.717, 1.165) is 19.5 Å². The van der Waals surface area contributed by atoms with Gasteiger partial charge in [0.15, 0.2) is 0 Å². The second-order valence-electron chi connectivity index (χ2n) is 2.76. The summed E-state index contributed by atoms with van der Waals surface area (Å²) >= 11 is 0. The first kappa shape index (κ1) is 7.52. The van der Waals surface area contributed by atoms with E-state index in [-0.39, 0.29) is 5.69 Å². The number of imidazole rings is 1. The Morgan fingerprint density at radius 3 is 3.08 bits per heavy atom. The van der Waals surface area contributed by atoms with Gasteiger partial charge in [0.05, 0.1) is 0 Å². The quantitative estimate of drug-likeness (QED) is 0.699. The Morgan fingerprint density at radius 1 is 1.58 bits per heavy atom. The minimum Gasteiger partial charge on any atom is -0.356 e. The van der Waals surface area contributed by atoms with E-state index in [2.05, 4.69) is 10.3 Å².